The Morgan fingerprint density at radius 2 is 1.72 bits per heavy atom. The van der Waals surface area contributed by atoms with E-state index in [4.69, 9.17) is 4.42 Å². The Bertz CT molecular complexity index is 983. The molecule has 0 unspecified atom stereocenters. The molecule has 0 aromatic carbocycles. The van der Waals surface area contributed by atoms with Gasteiger partial charge < -0.3 is 9.32 Å². The molecule has 8 heteroatoms. The van der Waals surface area contributed by atoms with E-state index in [1.165, 1.54) is 0 Å². The van der Waals surface area contributed by atoms with E-state index in [9.17, 15) is 0 Å². The maximum Gasteiger partial charge on any atom is 0.181 e. The summed E-state index contributed by atoms with van der Waals surface area (Å²) < 4.78 is 7.46. The van der Waals surface area contributed by atoms with E-state index in [1.807, 2.05) is 31.5 Å². The molecule has 4 rings (SSSR count). The van der Waals surface area contributed by atoms with Crippen LogP contribution < -0.4 is 4.90 Å². The van der Waals surface area contributed by atoms with E-state index >= 15 is 0 Å². The minimum Gasteiger partial charge on any atom is -0.448 e. The van der Waals surface area contributed by atoms with Gasteiger partial charge in [0.1, 0.15) is 17.4 Å². The number of hydrogen-bond acceptors (Lipinski definition) is 7. The molecule has 3 aromatic heterocycles. The minimum absolute atomic E-state index is 0.352. The molecule has 154 valence electrons. The molecule has 0 aliphatic carbocycles. The van der Waals surface area contributed by atoms with Crippen LogP contribution in [0.3, 0.4) is 0 Å². The predicted molar refractivity (Wildman–Crippen MR) is 111 cm³/mol. The highest BCUT2D eigenvalue weighted by atomic mass is 16.3. The Morgan fingerprint density at radius 3 is 2.38 bits per heavy atom. The summed E-state index contributed by atoms with van der Waals surface area (Å²) >= 11 is 0. The lowest BCUT2D eigenvalue weighted by Crippen LogP contribution is -2.46. The number of oxazole rings is 1. The van der Waals surface area contributed by atoms with Crippen LogP contribution in [0.25, 0.3) is 5.82 Å². The topological polar surface area (TPSA) is 76.1 Å². The van der Waals surface area contributed by atoms with Gasteiger partial charge in [0.25, 0.3) is 0 Å². The summed E-state index contributed by atoms with van der Waals surface area (Å²) in [5.74, 6) is 3.89. The first kappa shape index (κ1) is 19.6. The molecular formula is C21H29N7O. The number of nitrogens with zero attached hydrogens (tertiary/aromatic N) is 7. The standard InChI is InChI=1S/C21H29N7O/c1-14(2)21-18(22-13-29-21)12-26-6-8-27(9-7-26)19-11-20(24-17(5)23-19)28-16(4)10-15(3)25-28/h10-11,13-14H,6-9,12H2,1-5H3. The van der Waals surface area contributed by atoms with Gasteiger partial charge in [0, 0.05) is 50.4 Å². The van der Waals surface area contributed by atoms with Crippen LogP contribution in [0.1, 0.15) is 48.4 Å². The van der Waals surface area contributed by atoms with E-state index in [0.29, 0.717) is 5.92 Å². The van der Waals surface area contributed by atoms with Gasteiger partial charge >= 0.3 is 0 Å². The van der Waals surface area contributed by atoms with Crippen molar-refractivity contribution in [2.75, 3.05) is 31.1 Å². The molecule has 1 fully saturated rings. The fraction of sp³-hybridized carbons (Fsp3) is 0.524. The molecule has 0 saturated carbocycles. The largest absolute Gasteiger partial charge is 0.448 e. The number of rotatable bonds is 5. The van der Waals surface area contributed by atoms with Gasteiger partial charge in [-0.25, -0.2) is 19.6 Å². The molecule has 0 bridgehead atoms. The molecule has 3 aromatic rings. The summed E-state index contributed by atoms with van der Waals surface area (Å²) in [4.78, 5) is 18.5. The Labute approximate surface area is 171 Å². The third-order valence-electron chi connectivity index (χ3n) is 5.30. The fourth-order valence-electron chi connectivity index (χ4n) is 3.88. The van der Waals surface area contributed by atoms with Gasteiger partial charge in [-0.3, -0.25) is 4.90 Å². The molecular weight excluding hydrogens is 366 g/mol. The first-order chi connectivity index (χ1) is 13.9. The van der Waals surface area contributed by atoms with Crippen LogP contribution in [0.4, 0.5) is 5.82 Å². The molecule has 4 heterocycles. The van der Waals surface area contributed by atoms with Crippen LogP contribution >= 0.6 is 0 Å². The van der Waals surface area contributed by atoms with Crippen molar-refractivity contribution in [1.29, 1.82) is 0 Å². The number of hydrogen-bond donors (Lipinski definition) is 0. The Hall–Kier alpha value is -2.74. The lowest BCUT2D eigenvalue weighted by atomic mass is 10.1. The summed E-state index contributed by atoms with van der Waals surface area (Å²) in [6.07, 6.45) is 1.56. The van der Waals surface area contributed by atoms with E-state index in [1.54, 1.807) is 6.39 Å². The Kier molecular flexibility index (Phi) is 5.36. The lowest BCUT2D eigenvalue weighted by molar-refractivity contribution is 0.244. The summed E-state index contributed by atoms with van der Waals surface area (Å²) in [5.41, 5.74) is 3.12. The second-order valence-electron chi connectivity index (χ2n) is 8.05. The van der Waals surface area contributed by atoms with E-state index in [0.717, 1.165) is 73.0 Å². The van der Waals surface area contributed by atoms with Crippen molar-refractivity contribution in [2.24, 2.45) is 0 Å². The zero-order valence-corrected chi connectivity index (χ0v) is 17.9. The molecule has 0 amide bonds. The van der Waals surface area contributed by atoms with Gasteiger partial charge in [-0.05, 0) is 26.8 Å². The molecule has 1 aliphatic heterocycles. The van der Waals surface area contributed by atoms with Crippen molar-refractivity contribution in [3.05, 3.63) is 47.2 Å². The van der Waals surface area contributed by atoms with Crippen LogP contribution in [0, 0.1) is 20.8 Å². The maximum absolute atomic E-state index is 5.56. The molecule has 0 N–H and O–H groups in total. The van der Waals surface area contributed by atoms with Crippen molar-refractivity contribution >= 4 is 5.82 Å². The van der Waals surface area contributed by atoms with Crippen LogP contribution in [-0.4, -0.2) is 55.8 Å². The quantitative estimate of drug-likeness (QED) is 0.657. The highest BCUT2D eigenvalue weighted by Crippen LogP contribution is 2.22. The van der Waals surface area contributed by atoms with Crippen molar-refractivity contribution in [1.82, 2.24) is 29.6 Å². The van der Waals surface area contributed by atoms with Crippen LogP contribution in [0.15, 0.2) is 22.9 Å². The fourth-order valence-corrected chi connectivity index (χ4v) is 3.88. The average molecular weight is 396 g/mol. The second-order valence-corrected chi connectivity index (χ2v) is 8.05. The molecule has 0 atom stereocenters. The summed E-state index contributed by atoms with van der Waals surface area (Å²) in [6, 6.07) is 4.10. The number of aromatic nitrogens is 5. The smallest absolute Gasteiger partial charge is 0.181 e. The van der Waals surface area contributed by atoms with Crippen molar-refractivity contribution < 1.29 is 4.42 Å². The van der Waals surface area contributed by atoms with Gasteiger partial charge in [-0.15, -0.1) is 0 Å². The zero-order valence-electron chi connectivity index (χ0n) is 17.9. The van der Waals surface area contributed by atoms with E-state index in [-0.39, 0.29) is 0 Å². The molecule has 8 nitrogen and oxygen atoms in total. The first-order valence-electron chi connectivity index (χ1n) is 10.2. The predicted octanol–water partition coefficient (Wildman–Crippen LogP) is 3.02. The normalized spacial score (nSPS) is 15.4. The molecule has 0 spiro atoms. The number of piperazine rings is 1. The van der Waals surface area contributed by atoms with Gasteiger partial charge in [0.15, 0.2) is 12.2 Å². The van der Waals surface area contributed by atoms with Gasteiger partial charge in [-0.2, -0.15) is 5.10 Å². The first-order valence-corrected chi connectivity index (χ1v) is 10.2. The monoisotopic (exact) mass is 395 g/mol. The summed E-state index contributed by atoms with van der Waals surface area (Å²) in [7, 11) is 0. The minimum atomic E-state index is 0.352. The SMILES string of the molecule is Cc1cc(C)n(-c2cc(N3CCN(Cc4ncoc4C(C)C)CC3)nc(C)n2)n1. The third-order valence-corrected chi connectivity index (χ3v) is 5.30. The maximum atomic E-state index is 5.56. The van der Waals surface area contributed by atoms with Gasteiger partial charge in [0.05, 0.1) is 11.4 Å². The molecule has 29 heavy (non-hydrogen) atoms. The molecule has 0 radical (unpaired) electrons. The summed E-state index contributed by atoms with van der Waals surface area (Å²) in [5, 5.41) is 4.57. The Morgan fingerprint density at radius 1 is 1.00 bits per heavy atom. The van der Waals surface area contributed by atoms with Crippen LogP contribution in [-0.2, 0) is 6.54 Å². The van der Waals surface area contributed by atoms with Gasteiger partial charge in [0.2, 0.25) is 0 Å². The summed E-state index contributed by atoms with van der Waals surface area (Å²) in [6.45, 7) is 14.8. The van der Waals surface area contributed by atoms with E-state index in [2.05, 4.69) is 49.8 Å². The van der Waals surface area contributed by atoms with Crippen LogP contribution in [0.2, 0.25) is 0 Å². The van der Waals surface area contributed by atoms with Crippen LogP contribution in [0.5, 0.6) is 0 Å². The van der Waals surface area contributed by atoms with Crippen molar-refractivity contribution in [3.63, 3.8) is 0 Å². The lowest BCUT2D eigenvalue weighted by Gasteiger charge is -2.35. The molecule has 1 aliphatic rings. The highest BCUT2D eigenvalue weighted by Gasteiger charge is 2.22. The number of anilines is 1. The second kappa shape index (κ2) is 7.94. The van der Waals surface area contributed by atoms with Gasteiger partial charge in [-0.1, -0.05) is 13.8 Å². The zero-order chi connectivity index (χ0) is 20.5. The Balaban J connectivity index is 1.46. The highest BCUT2D eigenvalue weighted by molar-refractivity contribution is 5.45. The molecule has 1 saturated heterocycles. The average Bonchev–Trinajstić information content (AvgIpc) is 3.27. The van der Waals surface area contributed by atoms with E-state index < -0.39 is 0 Å². The number of aryl methyl sites for hydroxylation is 3. The van der Waals surface area contributed by atoms with Crippen molar-refractivity contribution in [3.8, 4) is 5.82 Å². The third kappa shape index (κ3) is 4.17. The van der Waals surface area contributed by atoms with Crippen molar-refractivity contribution in [2.45, 2.75) is 47.1 Å².